The number of nitrogens with zero attached hydrogens (tertiary/aromatic N) is 1. The van der Waals surface area contributed by atoms with Crippen LogP contribution in [0.15, 0.2) is 12.1 Å². The minimum Gasteiger partial charge on any atom is -0.474 e. The summed E-state index contributed by atoms with van der Waals surface area (Å²) in [5.74, 6) is 0.765. The van der Waals surface area contributed by atoms with Gasteiger partial charge < -0.3 is 10.5 Å². The van der Waals surface area contributed by atoms with Crippen LogP contribution >= 0.6 is 0 Å². The number of aromatic nitrogens is 1. The molecule has 3 heteroatoms. The number of ether oxygens (including phenoxy) is 1. The van der Waals surface area contributed by atoms with Gasteiger partial charge in [-0.2, -0.15) is 0 Å². The van der Waals surface area contributed by atoms with Gasteiger partial charge >= 0.3 is 0 Å². The number of hydrogen-bond acceptors (Lipinski definition) is 3. The zero-order valence-electron chi connectivity index (χ0n) is 13.1. The highest BCUT2D eigenvalue weighted by Crippen LogP contribution is 2.36. The summed E-state index contributed by atoms with van der Waals surface area (Å²) in [6, 6.07) is 4.10. The number of aryl methyl sites for hydroxylation is 1. The van der Waals surface area contributed by atoms with E-state index < -0.39 is 0 Å². The van der Waals surface area contributed by atoms with Crippen molar-refractivity contribution in [1.82, 2.24) is 4.98 Å². The molecule has 0 unspecified atom stereocenters. The Morgan fingerprint density at radius 2 is 2.00 bits per heavy atom. The average molecular weight is 276 g/mol. The van der Waals surface area contributed by atoms with E-state index in [0.29, 0.717) is 18.1 Å². The molecule has 1 heterocycles. The van der Waals surface area contributed by atoms with Crippen molar-refractivity contribution in [2.45, 2.75) is 71.9 Å². The minimum atomic E-state index is 0.318. The molecule has 112 valence electrons. The van der Waals surface area contributed by atoms with Crippen LogP contribution in [0.2, 0.25) is 0 Å². The van der Waals surface area contributed by atoms with Crippen molar-refractivity contribution >= 4 is 0 Å². The smallest absolute Gasteiger partial charge is 0.214 e. The molecule has 1 aliphatic carbocycles. The Labute approximate surface area is 122 Å². The molecule has 1 saturated carbocycles. The topological polar surface area (TPSA) is 48.1 Å². The summed E-state index contributed by atoms with van der Waals surface area (Å²) in [4.78, 5) is 4.62. The van der Waals surface area contributed by atoms with Crippen molar-refractivity contribution in [1.29, 1.82) is 0 Å². The first-order valence-electron chi connectivity index (χ1n) is 7.89. The average Bonchev–Trinajstić information content (AvgIpc) is 2.41. The fourth-order valence-electron chi connectivity index (χ4n) is 2.84. The fourth-order valence-corrected chi connectivity index (χ4v) is 2.84. The van der Waals surface area contributed by atoms with E-state index in [1.54, 1.807) is 0 Å². The Balaban J connectivity index is 2.03. The van der Waals surface area contributed by atoms with Crippen molar-refractivity contribution in [3.8, 4) is 5.88 Å². The Morgan fingerprint density at radius 1 is 1.30 bits per heavy atom. The van der Waals surface area contributed by atoms with Crippen LogP contribution in [0.4, 0.5) is 0 Å². The standard InChI is InChI=1S/C17H28N2O/c1-4-5-14-10-13(12-18)11-16(19-14)20-15-6-8-17(2,3)9-7-15/h10-11,15H,4-9,12,18H2,1-3H3. The molecule has 3 nitrogen and oxygen atoms in total. The van der Waals surface area contributed by atoms with Gasteiger partial charge in [0.25, 0.3) is 0 Å². The first-order valence-corrected chi connectivity index (χ1v) is 7.89. The molecule has 0 aliphatic heterocycles. The molecule has 20 heavy (non-hydrogen) atoms. The lowest BCUT2D eigenvalue weighted by molar-refractivity contribution is 0.0946. The first-order chi connectivity index (χ1) is 9.52. The molecule has 0 radical (unpaired) electrons. The summed E-state index contributed by atoms with van der Waals surface area (Å²) < 4.78 is 6.11. The summed E-state index contributed by atoms with van der Waals surface area (Å²) in [6.07, 6.45) is 7.12. The molecule has 1 aliphatic rings. The highest BCUT2D eigenvalue weighted by atomic mass is 16.5. The molecule has 0 aromatic carbocycles. The molecule has 1 aromatic rings. The second-order valence-corrected chi connectivity index (χ2v) is 6.74. The Hall–Kier alpha value is -1.09. The maximum atomic E-state index is 6.11. The van der Waals surface area contributed by atoms with Crippen LogP contribution < -0.4 is 10.5 Å². The molecular weight excluding hydrogens is 248 g/mol. The third kappa shape index (κ3) is 4.20. The van der Waals surface area contributed by atoms with Crippen LogP contribution in [0.25, 0.3) is 0 Å². The molecule has 1 aromatic heterocycles. The van der Waals surface area contributed by atoms with Crippen molar-refractivity contribution in [2.24, 2.45) is 11.1 Å². The minimum absolute atomic E-state index is 0.318. The Kier molecular flexibility index (Phi) is 5.03. The van der Waals surface area contributed by atoms with E-state index >= 15 is 0 Å². The zero-order chi connectivity index (χ0) is 14.6. The van der Waals surface area contributed by atoms with Gasteiger partial charge in [0.1, 0.15) is 6.10 Å². The van der Waals surface area contributed by atoms with Crippen molar-refractivity contribution < 1.29 is 4.74 Å². The van der Waals surface area contributed by atoms with Gasteiger partial charge in [0.2, 0.25) is 5.88 Å². The Bertz CT molecular complexity index is 433. The van der Waals surface area contributed by atoms with Gasteiger partial charge in [-0.1, -0.05) is 27.2 Å². The normalized spacial score (nSPS) is 19.0. The van der Waals surface area contributed by atoms with Crippen molar-refractivity contribution in [2.75, 3.05) is 0 Å². The largest absolute Gasteiger partial charge is 0.474 e. The molecular formula is C17H28N2O. The molecule has 1 fully saturated rings. The lowest BCUT2D eigenvalue weighted by Crippen LogP contribution is -2.28. The predicted molar refractivity (Wildman–Crippen MR) is 82.8 cm³/mol. The Morgan fingerprint density at radius 3 is 2.60 bits per heavy atom. The highest BCUT2D eigenvalue weighted by molar-refractivity contribution is 5.25. The number of rotatable bonds is 5. The number of pyridine rings is 1. The van der Waals surface area contributed by atoms with Gasteiger partial charge in [-0.05, 0) is 49.1 Å². The highest BCUT2D eigenvalue weighted by Gasteiger charge is 2.28. The van der Waals surface area contributed by atoms with E-state index in [9.17, 15) is 0 Å². The van der Waals surface area contributed by atoms with E-state index in [2.05, 4.69) is 31.8 Å². The zero-order valence-corrected chi connectivity index (χ0v) is 13.1. The third-order valence-electron chi connectivity index (χ3n) is 4.23. The van der Waals surface area contributed by atoms with Crippen molar-refractivity contribution in [3.05, 3.63) is 23.4 Å². The molecule has 0 spiro atoms. The predicted octanol–water partition coefficient (Wildman–Crippen LogP) is 3.84. The second-order valence-electron chi connectivity index (χ2n) is 6.74. The number of nitrogens with two attached hydrogens (primary N) is 1. The van der Waals surface area contributed by atoms with Gasteiger partial charge in [0.05, 0.1) is 0 Å². The van der Waals surface area contributed by atoms with Crippen LogP contribution in [0, 0.1) is 5.41 Å². The van der Waals surface area contributed by atoms with Crippen LogP contribution in [-0.2, 0) is 13.0 Å². The maximum Gasteiger partial charge on any atom is 0.214 e. The molecule has 0 saturated heterocycles. The first kappa shape index (κ1) is 15.3. The van der Waals surface area contributed by atoms with Crippen LogP contribution in [0.5, 0.6) is 5.88 Å². The molecule has 0 amide bonds. The van der Waals surface area contributed by atoms with E-state index in [1.165, 1.54) is 12.8 Å². The third-order valence-corrected chi connectivity index (χ3v) is 4.23. The van der Waals surface area contributed by atoms with Crippen LogP contribution in [0.3, 0.4) is 0 Å². The van der Waals surface area contributed by atoms with E-state index in [0.717, 1.165) is 42.8 Å². The van der Waals surface area contributed by atoms with Crippen molar-refractivity contribution in [3.63, 3.8) is 0 Å². The lowest BCUT2D eigenvalue weighted by atomic mass is 9.76. The molecule has 0 bridgehead atoms. The van der Waals surface area contributed by atoms with Gasteiger partial charge in [-0.25, -0.2) is 4.98 Å². The summed E-state index contributed by atoms with van der Waals surface area (Å²) >= 11 is 0. The van der Waals surface area contributed by atoms with Crippen LogP contribution in [-0.4, -0.2) is 11.1 Å². The van der Waals surface area contributed by atoms with Crippen LogP contribution in [0.1, 0.15) is 64.1 Å². The lowest BCUT2D eigenvalue weighted by Gasteiger charge is -2.34. The molecule has 2 rings (SSSR count). The second kappa shape index (κ2) is 6.57. The quantitative estimate of drug-likeness (QED) is 0.889. The van der Waals surface area contributed by atoms with Gasteiger partial charge in [0.15, 0.2) is 0 Å². The van der Waals surface area contributed by atoms with E-state index in [1.807, 2.05) is 6.07 Å². The van der Waals surface area contributed by atoms with Gasteiger partial charge in [-0.3, -0.25) is 0 Å². The SMILES string of the molecule is CCCc1cc(CN)cc(OC2CCC(C)(C)CC2)n1. The number of hydrogen-bond donors (Lipinski definition) is 1. The summed E-state index contributed by atoms with van der Waals surface area (Å²) in [5.41, 5.74) is 8.46. The van der Waals surface area contributed by atoms with Gasteiger partial charge in [0, 0.05) is 18.3 Å². The summed E-state index contributed by atoms with van der Waals surface area (Å²) in [7, 11) is 0. The molecule has 0 atom stereocenters. The van der Waals surface area contributed by atoms with E-state index in [-0.39, 0.29) is 0 Å². The van der Waals surface area contributed by atoms with Gasteiger partial charge in [-0.15, -0.1) is 0 Å². The fraction of sp³-hybridized carbons (Fsp3) is 0.706. The molecule has 2 N–H and O–H groups in total. The maximum absolute atomic E-state index is 6.11. The monoisotopic (exact) mass is 276 g/mol. The summed E-state index contributed by atoms with van der Waals surface area (Å²) in [5, 5.41) is 0. The summed E-state index contributed by atoms with van der Waals surface area (Å²) in [6.45, 7) is 7.40. The van der Waals surface area contributed by atoms with E-state index in [4.69, 9.17) is 10.5 Å².